The molecule has 2 aromatic rings. The molecule has 0 spiro atoms. The molecule has 1 aliphatic carbocycles. The fourth-order valence-electron chi connectivity index (χ4n) is 5.99. The molecule has 0 bridgehead atoms. The highest BCUT2D eigenvalue weighted by Crippen LogP contribution is 2.41. The molecule has 0 heterocycles. The van der Waals surface area contributed by atoms with Crippen LogP contribution in [0.1, 0.15) is 140 Å². The summed E-state index contributed by atoms with van der Waals surface area (Å²) in [6.07, 6.45) is 19.5. The Balaban J connectivity index is 1.42. The van der Waals surface area contributed by atoms with Crippen LogP contribution in [0.2, 0.25) is 0 Å². The van der Waals surface area contributed by atoms with E-state index in [1.807, 2.05) is 24.3 Å². The highest BCUT2D eigenvalue weighted by Gasteiger charge is 2.36. The Morgan fingerprint density at radius 2 is 1.40 bits per heavy atom. The molecule has 2 aromatic carbocycles. The monoisotopic (exact) mass is 577 g/mol. The van der Waals surface area contributed by atoms with Crippen LogP contribution in [-0.4, -0.2) is 18.7 Å². The van der Waals surface area contributed by atoms with Crippen LogP contribution in [0.25, 0.3) is 11.1 Å². The molecule has 3 rings (SSSR count). The summed E-state index contributed by atoms with van der Waals surface area (Å²) in [7, 11) is 0. The third-order valence-corrected chi connectivity index (χ3v) is 8.80. The Morgan fingerprint density at radius 1 is 0.833 bits per heavy atom. The molecule has 0 aromatic heterocycles. The molecular formula is C37H52FNO3. The smallest absolute Gasteiger partial charge is 0.341 e. The van der Waals surface area contributed by atoms with Crippen molar-refractivity contribution in [2.24, 2.45) is 5.41 Å². The summed E-state index contributed by atoms with van der Waals surface area (Å²) < 4.78 is 26.6. The van der Waals surface area contributed by atoms with Gasteiger partial charge in [0.25, 0.3) is 0 Å². The second-order valence-corrected chi connectivity index (χ2v) is 12.2. The minimum Gasteiger partial charge on any atom is -0.494 e. The molecule has 1 fully saturated rings. The number of ether oxygens (including phenoxy) is 2. The van der Waals surface area contributed by atoms with Crippen molar-refractivity contribution in [3.05, 3.63) is 53.8 Å². The zero-order chi connectivity index (χ0) is 30.0. The lowest BCUT2D eigenvalue weighted by molar-refractivity contribution is 0.0100. The fourth-order valence-corrected chi connectivity index (χ4v) is 5.99. The molecule has 5 heteroatoms. The van der Waals surface area contributed by atoms with Crippen LogP contribution in [-0.2, 0) is 4.74 Å². The number of carbonyl (C=O) groups excluding carboxylic acids is 1. The summed E-state index contributed by atoms with van der Waals surface area (Å²) in [5, 5.41) is 9.84. The van der Waals surface area contributed by atoms with Gasteiger partial charge < -0.3 is 9.47 Å². The van der Waals surface area contributed by atoms with Crippen molar-refractivity contribution < 1.29 is 18.7 Å². The molecule has 42 heavy (non-hydrogen) atoms. The van der Waals surface area contributed by atoms with Gasteiger partial charge >= 0.3 is 5.97 Å². The molecule has 230 valence electrons. The van der Waals surface area contributed by atoms with E-state index >= 15 is 4.39 Å². The van der Waals surface area contributed by atoms with Crippen molar-refractivity contribution in [3.63, 3.8) is 0 Å². The number of halogens is 1. The van der Waals surface area contributed by atoms with Gasteiger partial charge in [0.15, 0.2) is 0 Å². The molecule has 0 amide bonds. The van der Waals surface area contributed by atoms with Gasteiger partial charge in [-0.15, -0.1) is 0 Å². The second-order valence-electron chi connectivity index (χ2n) is 12.2. The normalized spacial score (nSPS) is 18.4. The molecule has 4 nitrogen and oxygen atoms in total. The van der Waals surface area contributed by atoms with Gasteiger partial charge in [-0.2, -0.15) is 5.26 Å². The maximum absolute atomic E-state index is 15.0. The van der Waals surface area contributed by atoms with Gasteiger partial charge in [0.05, 0.1) is 23.7 Å². The number of unbranched alkanes of at least 4 members (excludes halogenated alkanes) is 11. The third kappa shape index (κ3) is 11.1. The van der Waals surface area contributed by atoms with Crippen LogP contribution < -0.4 is 4.74 Å². The average Bonchev–Trinajstić information content (AvgIpc) is 3.01. The average molecular weight is 578 g/mol. The Bertz CT molecular complexity index is 1100. The summed E-state index contributed by atoms with van der Waals surface area (Å²) >= 11 is 0. The van der Waals surface area contributed by atoms with Crippen LogP contribution in [0.4, 0.5) is 4.39 Å². The van der Waals surface area contributed by atoms with E-state index in [1.165, 1.54) is 82.8 Å². The number of nitriles is 1. The number of benzene rings is 2. The summed E-state index contributed by atoms with van der Waals surface area (Å²) in [6, 6.07) is 14.9. The third-order valence-electron chi connectivity index (χ3n) is 8.80. The minimum absolute atomic E-state index is 0.0443. The molecule has 0 atom stereocenters. The predicted octanol–water partition coefficient (Wildman–Crippen LogP) is 11.0. The minimum atomic E-state index is -0.627. The molecular weight excluding hydrogens is 525 g/mol. The molecule has 0 N–H and O–H groups in total. The van der Waals surface area contributed by atoms with E-state index in [-0.39, 0.29) is 17.1 Å². The number of esters is 1. The zero-order valence-electron chi connectivity index (χ0n) is 26.1. The molecule has 0 unspecified atom stereocenters. The van der Waals surface area contributed by atoms with Crippen LogP contribution >= 0.6 is 0 Å². The maximum Gasteiger partial charge on any atom is 0.341 e. The Kier molecular flexibility index (Phi) is 14.9. The van der Waals surface area contributed by atoms with E-state index < -0.39 is 11.8 Å². The highest BCUT2D eigenvalue weighted by molar-refractivity contribution is 5.90. The first kappa shape index (κ1) is 33.6. The molecule has 0 saturated heterocycles. The standard InChI is InChI=1S/C37H52FNO3/c1-3-5-7-9-10-11-13-15-27-41-32-19-16-30(17-20-32)31-18-21-34(35(38)28-31)36(40)42-33-22-25-37(29-39,26-23-33)24-14-12-8-6-4-2/h16-21,28,33H,3-15,22-27H2,1-2H3. The number of hydrogen-bond donors (Lipinski definition) is 0. The Labute approximate surface area is 254 Å². The van der Waals surface area contributed by atoms with Gasteiger partial charge in [-0.05, 0) is 73.9 Å². The lowest BCUT2D eigenvalue weighted by atomic mass is 9.71. The topological polar surface area (TPSA) is 59.3 Å². The number of hydrogen-bond acceptors (Lipinski definition) is 4. The lowest BCUT2D eigenvalue weighted by Gasteiger charge is -2.34. The van der Waals surface area contributed by atoms with E-state index in [9.17, 15) is 10.1 Å². The van der Waals surface area contributed by atoms with Gasteiger partial charge in [0.1, 0.15) is 17.7 Å². The van der Waals surface area contributed by atoms with Gasteiger partial charge in [-0.1, -0.05) is 109 Å². The van der Waals surface area contributed by atoms with Crippen LogP contribution in [0, 0.1) is 22.6 Å². The summed E-state index contributed by atoms with van der Waals surface area (Å²) in [5.41, 5.74) is 1.21. The first-order valence-electron chi connectivity index (χ1n) is 16.7. The van der Waals surface area contributed by atoms with E-state index in [2.05, 4.69) is 19.9 Å². The van der Waals surface area contributed by atoms with Crippen molar-refractivity contribution in [3.8, 4) is 22.9 Å². The van der Waals surface area contributed by atoms with Crippen molar-refractivity contribution in [2.45, 2.75) is 136 Å². The molecule has 1 saturated carbocycles. The lowest BCUT2D eigenvalue weighted by Crippen LogP contribution is -2.31. The van der Waals surface area contributed by atoms with Crippen molar-refractivity contribution in [1.82, 2.24) is 0 Å². The van der Waals surface area contributed by atoms with Crippen molar-refractivity contribution in [1.29, 1.82) is 5.26 Å². The maximum atomic E-state index is 15.0. The number of nitrogens with zero attached hydrogens (tertiary/aromatic N) is 1. The van der Waals surface area contributed by atoms with Gasteiger partial charge in [-0.25, -0.2) is 9.18 Å². The van der Waals surface area contributed by atoms with E-state index in [0.717, 1.165) is 43.4 Å². The Morgan fingerprint density at radius 3 is 2.00 bits per heavy atom. The van der Waals surface area contributed by atoms with Gasteiger partial charge in [0, 0.05) is 0 Å². The molecule has 0 aliphatic heterocycles. The summed E-state index contributed by atoms with van der Waals surface area (Å²) in [4.78, 5) is 12.8. The summed E-state index contributed by atoms with van der Waals surface area (Å²) in [5.74, 6) is -0.397. The SMILES string of the molecule is CCCCCCCCCCOc1ccc(-c2ccc(C(=O)OC3CCC(C#N)(CCCCCCC)CC3)c(F)c2)cc1. The highest BCUT2D eigenvalue weighted by atomic mass is 19.1. The molecule has 0 radical (unpaired) electrons. The molecule has 1 aliphatic rings. The first-order valence-corrected chi connectivity index (χ1v) is 16.7. The van der Waals surface area contributed by atoms with Crippen LogP contribution in [0.3, 0.4) is 0 Å². The van der Waals surface area contributed by atoms with Gasteiger partial charge in [-0.3, -0.25) is 0 Å². The van der Waals surface area contributed by atoms with E-state index in [4.69, 9.17) is 9.47 Å². The van der Waals surface area contributed by atoms with Crippen molar-refractivity contribution >= 4 is 5.97 Å². The van der Waals surface area contributed by atoms with Crippen LogP contribution in [0.5, 0.6) is 5.75 Å². The Hall–Kier alpha value is -2.87. The van der Waals surface area contributed by atoms with Gasteiger partial charge in [0.2, 0.25) is 0 Å². The summed E-state index contributed by atoms with van der Waals surface area (Å²) in [6.45, 7) is 5.15. The second kappa shape index (κ2) is 18.6. The predicted molar refractivity (Wildman–Crippen MR) is 169 cm³/mol. The first-order chi connectivity index (χ1) is 20.5. The van der Waals surface area contributed by atoms with Crippen molar-refractivity contribution in [2.75, 3.05) is 6.61 Å². The van der Waals surface area contributed by atoms with E-state index in [1.54, 1.807) is 6.07 Å². The number of rotatable bonds is 19. The zero-order valence-corrected chi connectivity index (χ0v) is 26.1. The quantitative estimate of drug-likeness (QED) is 0.123. The van der Waals surface area contributed by atoms with E-state index in [0.29, 0.717) is 25.0 Å². The van der Waals surface area contributed by atoms with Crippen LogP contribution in [0.15, 0.2) is 42.5 Å². The largest absolute Gasteiger partial charge is 0.494 e. The fraction of sp³-hybridized carbons (Fsp3) is 0.622. The number of carbonyl (C=O) groups is 1.